The lowest BCUT2D eigenvalue weighted by Crippen LogP contribution is -2.61. The van der Waals surface area contributed by atoms with E-state index >= 15 is 0 Å². The molecule has 0 unspecified atom stereocenters. The van der Waals surface area contributed by atoms with E-state index in [1.165, 1.54) is 11.8 Å². The zero-order chi connectivity index (χ0) is 52.4. The molecule has 2 aliphatic rings. The Balaban J connectivity index is 2.31. The number of nitrogens with two attached hydrogens (primary N) is 2. The van der Waals surface area contributed by atoms with E-state index in [9.17, 15) is 72.9 Å². The van der Waals surface area contributed by atoms with Crippen LogP contribution in [0.25, 0.3) is 0 Å². The molecule has 14 N–H and O–H groups in total. The van der Waals surface area contributed by atoms with Gasteiger partial charge in [0.15, 0.2) is 0 Å². The third-order valence-corrected chi connectivity index (χ3v) is 11.4. The van der Waals surface area contributed by atoms with Crippen molar-refractivity contribution in [2.75, 3.05) is 13.1 Å². The third kappa shape index (κ3) is 18.9. The predicted molar refractivity (Wildman–Crippen MR) is 240 cm³/mol. The number of hydrogen-bond donors (Lipinski definition) is 12. The second-order valence-electron chi connectivity index (χ2n) is 18.3. The van der Waals surface area contributed by atoms with E-state index < -0.39 is 164 Å². The lowest BCUT2D eigenvalue weighted by Gasteiger charge is -2.32. The Morgan fingerprint density at radius 3 is 1.51 bits per heavy atom. The number of aliphatic carboxylic acids is 3. The number of hydrogen-bond acceptors (Lipinski definition) is 14. The molecule has 69 heavy (non-hydrogen) atoms. The number of aliphatic hydroxyl groups is 1. The number of amides is 9. The summed E-state index contributed by atoms with van der Waals surface area (Å²) in [5.74, 6) is -12.3. The highest BCUT2D eigenvalue weighted by molar-refractivity contribution is 5.99. The number of likely N-dealkylation sites (tertiary alicyclic amines) is 2. The summed E-state index contributed by atoms with van der Waals surface area (Å²) in [7, 11) is 0. The standard InChI is InChI=1S/C43H70N10O16/c1-20(2)17-27(49-36(61)24(44)19-33(58)59)42(67)53-16-8-10-30(53)39(64)51-34(23(6)54)40(65)47-25(11-13-31(45)55)37(62)48-26(12-14-32(56)57)41(66)52-15-7-9-29(52)38(63)46-22(5)35(60)50-28(43(68)69)18-21(3)4/h20-30,34,54H,7-19,44H2,1-6H3,(H2,45,55)(H,46,63)(H,47,65)(H,48,62)(H,49,61)(H,50,60)(H,51,64)(H,56,57)(H,58,59)(H,68,69)/t22-,23+,24-,25-,26-,27-,28-,29-,30-,34-/m0/s1. The van der Waals surface area contributed by atoms with Crippen LogP contribution in [0.3, 0.4) is 0 Å². The highest BCUT2D eigenvalue weighted by Crippen LogP contribution is 2.22. The van der Waals surface area contributed by atoms with Crippen molar-refractivity contribution in [1.29, 1.82) is 0 Å². The molecule has 2 rings (SSSR count). The molecule has 388 valence electrons. The highest BCUT2D eigenvalue weighted by atomic mass is 16.4. The molecule has 9 amide bonds. The molecule has 0 aliphatic carbocycles. The van der Waals surface area contributed by atoms with E-state index in [-0.39, 0.29) is 57.0 Å². The van der Waals surface area contributed by atoms with Gasteiger partial charge in [-0.1, -0.05) is 27.7 Å². The van der Waals surface area contributed by atoms with Gasteiger partial charge >= 0.3 is 17.9 Å². The average molecular weight is 983 g/mol. The molecule has 0 spiro atoms. The normalized spacial score (nSPS) is 19.2. The summed E-state index contributed by atoms with van der Waals surface area (Å²) in [6, 6.07) is -12.7. The molecule has 0 aromatic heterocycles. The van der Waals surface area contributed by atoms with Crippen molar-refractivity contribution in [1.82, 2.24) is 41.7 Å². The summed E-state index contributed by atoms with van der Waals surface area (Å²) in [4.78, 5) is 157. The van der Waals surface area contributed by atoms with Crippen molar-refractivity contribution in [3.8, 4) is 0 Å². The summed E-state index contributed by atoms with van der Waals surface area (Å²) < 4.78 is 0. The first-order valence-electron chi connectivity index (χ1n) is 23.0. The van der Waals surface area contributed by atoms with Gasteiger partial charge < -0.3 is 73.6 Å². The fraction of sp³-hybridized carbons (Fsp3) is 0.721. The van der Waals surface area contributed by atoms with Crippen molar-refractivity contribution >= 4 is 71.1 Å². The van der Waals surface area contributed by atoms with Gasteiger partial charge in [0.25, 0.3) is 0 Å². The van der Waals surface area contributed by atoms with Crippen LogP contribution < -0.4 is 43.4 Å². The second kappa shape index (κ2) is 27.5. The zero-order valence-electron chi connectivity index (χ0n) is 39.9. The highest BCUT2D eigenvalue weighted by Gasteiger charge is 2.42. The molecule has 0 saturated carbocycles. The molecule has 0 aromatic carbocycles. The number of rotatable bonds is 28. The minimum Gasteiger partial charge on any atom is -0.481 e. The van der Waals surface area contributed by atoms with Crippen LogP contribution in [-0.4, -0.2) is 175 Å². The summed E-state index contributed by atoms with van der Waals surface area (Å²) in [5, 5.41) is 53.3. The van der Waals surface area contributed by atoms with Gasteiger partial charge in [-0.05, 0) is 77.0 Å². The number of carbonyl (C=O) groups is 12. The van der Waals surface area contributed by atoms with Crippen LogP contribution in [0, 0.1) is 11.8 Å². The van der Waals surface area contributed by atoms with E-state index in [2.05, 4.69) is 31.9 Å². The molecule has 2 saturated heterocycles. The zero-order valence-corrected chi connectivity index (χ0v) is 39.9. The maximum absolute atomic E-state index is 14.1. The van der Waals surface area contributed by atoms with Crippen molar-refractivity contribution < 1.29 is 78.0 Å². The molecule has 0 aromatic rings. The van der Waals surface area contributed by atoms with Gasteiger partial charge in [-0.2, -0.15) is 0 Å². The fourth-order valence-electron chi connectivity index (χ4n) is 7.89. The SMILES string of the molecule is CC(C)C[C@H](NC(=O)[C@H](C)NC(=O)[C@@H]1CCCN1C(=O)[C@H](CCC(=O)O)NC(=O)[C@H](CCC(N)=O)NC(=O)[C@@H](NC(=O)[C@@H]1CCCN1C(=O)[C@H](CC(C)C)NC(=O)[C@@H](N)CC(=O)O)[C@@H](C)O)C(=O)O. The number of carboxylic acid groups (broad SMARTS) is 3. The van der Waals surface area contributed by atoms with Crippen molar-refractivity contribution in [3.05, 3.63) is 0 Å². The topological polar surface area (TPSA) is 416 Å². The fourth-order valence-corrected chi connectivity index (χ4v) is 7.89. The third-order valence-electron chi connectivity index (χ3n) is 11.4. The number of nitrogens with zero attached hydrogens (tertiary/aromatic N) is 2. The number of nitrogens with one attached hydrogen (secondary N) is 6. The van der Waals surface area contributed by atoms with Gasteiger partial charge in [0.1, 0.15) is 48.3 Å². The lowest BCUT2D eigenvalue weighted by molar-refractivity contribution is -0.144. The minimum atomic E-state index is -1.79. The van der Waals surface area contributed by atoms with Crippen LogP contribution in [0.15, 0.2) is 0 Å². The first-order chi connectivity index (χ1) is 32.1. The van der Waals surface area contributed by atoms with Crippen LogP contribution in [0.1, 0.15) is 112 Å². The molecule has 10 atom stereocenters. The van der Waals surface area contributed by atoms with E-state index in [1.54, 1.807) is 27.7 Å². The molecule has 0 radical (unpaired) electrons. The van der Waals surface area contributed by atoms with Gasteiger partial charge in [0.05, 0.1) is 18.6 Å². The van der Waals surface area contributed by atoms with E-state index in [0.717, 1.165) is 11.8 Å². The van der Waals surface area contributed by atoms with Gasteiger partial charge in [-0.25, -0.2) is 4.79 Å². The quantitative estimate of drug-likeness (QED) is 0.0360. The molecule has 2 fully saturated rings. The van der Waals surface area contributed by atoms with Gasteiger partial charge in [-0.15, -0.1) is 0 Å². The van der Waals surface area contributed by atoms with E-state index in [0.29, 0.717) is 6.42 Å². The predicted octanol–water partition coefficient (Wildman–Crippen LogP) is -3.61. The van der Waals surface area contributed by atoms with Crippen LogP contribution in [0.5, 0.6) is 0 Å². The Kier molecular flexibility index (Phi) is 23.4. The van der Waals surface area contributed by atoms with Crippen molar-refractivity contribution in [2.45, 2.75) is 173 Å². The minimum absolute atomic E-state index is 0.0258. The Bertz CT molecular complexity index is 1910. The van der Waals surface area contributed by atoms with Gasteiger partial charge in [0, 0.05) is 25.9 Å². The molecular weight excluding hydrogens is 913 g/mol. The average Bonchev–Trinajstić information content (AvgIpc) is 3.95. The maximum atomic E-state index is 14.1. The van der Waals surface area contributed by atoms with E-state index in [4.69, 9.17) is 16.6 Å². The summed E-state index contributed by atoms with van der Waals surface area (Å²) in [5.41, 5.74) is 11.1. The Hall–Kier alpha value is -6.44. The molecule has 26 heteroatoms. The number of primary amides is 1. The number of carboxylic acids is 3. The largest absolute Gasteiger partial charge is 0.481 e. The Labute approximate surface area is 399 Å². The molecule has 2 heterocycles. The second-order valence-corrected chi connectivity index (χ2v) is 18.3. The molecule has 0 bridgehead atoms. The van der Waals surface area contributed by atoms with E-state index in [1.807, 2.05) is 0 Å². The van der Waals surface area contributed by atoms with Crippen LogP contribution in [0.2, 0.25) is 0 Å². The molecular formula is C43H70N10O16. The smallest absolute Gasteiger partial charge is 0.326 e. The van der Waals surface area contributed by atoms with Crippen molar-refractivity contribution in [2.24, 2.45) is 23.3 Å². The monoisotopic (exact) mass is 982 g/mol. The Morgan fingerprint density at radius 2 is 1.03 bits per heavy atom. The number of carbonyl (C=O) groups excluding carboxylic acids is 9. The van der Waals surface area contributed by atoms with Gasteiger partial charge in [0.2, 0.25) is 53.2 Å². The first kappa shape index (κ1) is 58.7. The summed E-state index contributed by atoms with van der Waals surface area (Å²) in [6.07, 6.45) is -3.48. The maximum Gasteiger partial charge on any atom is 0.326 e. The number of aliphatic hydroxyl groups excluding tert-OH is 1. The van der Waals surface area contributed by atoms with Crippen molar-refractivity contribution in [3.63, 3.8) is 0 Å². The molecule has 26 nitrogen and oxygen atoms in total. The van der Waals surface area contributed by atoms with Crippen LogP contribution in [0.4, 0.5) is 0 Å². The summed E-state index contributed by atoms with van der Waals surface area (Å²) in [6.45, 7) is 9.55. The van der Waals surface area contributed by atoms with Crippen LogP contribution >= 0.6 is 0 Å². The Morgan fingerprint density at radius 1 is 0.565 bits per heavy atom. The molecule has 2 aliphatic heterocycles. The summed E-state index contributed by atoms with van der Waals surface area (Å²) >= 11 is 0. The van der Waals surface area contributed by atoms with Crippen LogP contribution in [-0.2, 0) is 57.5 Å². The first-order valence-corrected chi connectivity index (χ1v) is 23.0. The van der Waals surface area contributed by atoms with Gasteiger partial charge in [-0.3, -0.25) is 52.7 Å². The lowest BCUT2D eigenvalue weighted by atomic mass is 10.0.